The van der Waals surface area contributed by atoms with Crippen molar-refractivity contribution in [3.8, 4) is 5.75 Å². The molecule has 1 N–H and O–H groups in total. The van der Waals surface area contributed by atoms with Gasteiger partial charge in [0.1, 0.15) is 5.75 Å². The topological polar surface area (TPSA) is 21.3 Å². The van der Waals surface area contributed by atoms with Crippen molar-refractivity contribution in [2.45, 2.75) is 46.7 Å². The van der Waals surface area contributed by atoms with Crippen LogP contribution in [0, 0.1) is 5.92 Å². The summed E-state index contributed by atoms with van der Waals surface area (Å²) in [7, 11) is 0. The van der Waals surface area contributed by atoms with Gasteiger partial charge in [-0.25, -0.2) is 0 Å². The zero-order valence-electron chi connectivity index (χ0n) is 11.8. The van der Waals surface area contributed by atoms with Crippen LogP contribution in [0.2, 0.25) is 5.02 Å². The Labute approximate surface area is 116 Å². The molecule has 0 aliphatic carbocycles. The Morgan fingerprint density at radius 2 is 1.94 bits per heavy atom. The van der Waals surface area contributed by atoms with Gasteiger partial charge in [-0.15, -0.1) is 0 Å². The molecule has 0 unspecified atom stereocenters. The van der Waals surface area contributed by atoms with Gasteiger partial charge >= 0.3 is 0 Å². The van der Waals surface area contributed by atoms with Gasteiger partial charge in [0.05, 0.1) is 11.6 Å². The highest BCUT2D eigenvalue weighted by molar-refractivity contribution is 6.32. The molecular formula is C15H24ClNO. The minimum atomic E-state index is 0.478. The molecule has 0 amide bonds. The Balaban J connectivity index is 2.51. The van der Waals surface area contributed by atoms with Crippen molar-refractivity contribution in [1.82, 2.24) is 5.32 Å². The number of hydrogen-bond donors (Lipinski definition) is 1. The first kappa shape index (κ1) is 15.3. The first-order valence-corrected chi connectivity index (χ1v) is 7.01. The number of benzene rings is 1. The minimum absolute atomic E-state index is 0.478. The van der Waals surface area contributed by atoms with E-state index in [0.29, 0.717) is 17.0 Å². The molecule has 0 aliphatic rings. The van der Waals surface area contributed by atoms with E-state index < -0.39 is 0 Å². The molecule has 102 valence electrons. The lowest BCUT2D eigenvalue weighted by atomic mass is 10.1. The molecule has 2 nitrogen and oxygen atoms in total. The van der Waals surface area contributed by atoms with E-state index in [4.69, 9.17) is 16.3 Å². The van der Waals surface area contributed by atoms with E-state index in [1.165, 1.54) is 5.56 Å². The number of nitrogens with one attached hydrogen (secondary N) is 1. The van der Waals surface area contributed by atoms with E-state index in [-0.39, 0.29) is 0 Å². The van der Waals surface area contributed by atoms with Crippen LogP contribution >= 0.6 is 11.6 Å². The average Bonchev–Trinajstić information content (AvgIpc) is 2.28. The fourth-order valence-electron chi connectivity index (χ4n) is 1.50. The van der Waals surface area contributed by atoms with E-state index in [2.05, 4.69) is 39.1 Å². The van der Waals surface area contributed by atoms with Gasteiger partial charge in [-0.3, -0.25) is 0 Å². The van der Waals surface area contributed by atoms with Crippen molar-refractivity contribution in [2.24, 2.45) is 5.92 Å². The van der Waals surface area contributed by atoms with Crippen LogP contribution in [0.15, 0.2) is 18.2 Å². The Morgan fingerprint density at radius 3 is 2.50 bits per heavy atom. The van der Waals surface area contributed by atoms with Crippen LogP contribution in [0.5, 0.6) is 5.75 Å². The summed E-state index contributed by atoms with van der Waals surface area (Å²) < 4.78 is 5.68. The molecule has 0 fully saturated rings. The van der Waals surface area contributed by atoms with Gasteiger partial charge in [0.2, 0.25) is 0 Å². The molecular weight excluding hydrogens is 246 g/mol. The van der Waals surface area contributed by atoms with Crippen LogP contribution in [0.1, 0.15) is 39.7 Å². The first-order valence-electron chi connectivity index (χ1n) is 6.63. The van der Waals surface area contributed by atoms with E-state index >= 15 is 0 Å². The second-order valence-corrected chi connectivity index (χ2v) is 5.74. The Hall–Kier alpha value is -0.730. The summed E-state index contributed by atoms with van der Waals surface area (Å²) >= 11 is 6.21. The summed E-state index contributed by atoms with van der Waals surface area (Å²) in [5, 5.41) is 4.06. The maximum Gasteiger partial charge on any atom is 0.137 e. The molecule has 0 saturated heterocycles. The molecule has 0 aliphatic heterocycles. The molecule has 1 rings (SSSR count). The second kappa shape index (κ2) is 7.65. The fraction of sp³-hybridized carbons (Fsp3) is 0.600. The quantitative estimate of drug-likeness (QED) is 0.798. The third kappa shape index (κ3) is 5.74. The van der Waals surface area contributed by atoms with Gasteiger partial charge < -0.3 is 10.1 Å². The predicted octanol–water partition coefficient (Wildman–Crippen LogP) is 4.26. The first-order chi connectivity index (χ1) is 8.49. The lowest BCUT2D eigenvalue weighted by Gasteiger charge is -2.12. The molecule has 18 heavy (non-hydrogen) atoms. The molecule has 0 aromatic heterocycles. The maximum atomic E-state index is 6.21. The molecule has 0 radical (unpaired) electrons. The highest BCUT2D eigenvalue weighted by Crippen LogP contribution is 2.25. The van der Waals surface area contributed by atoms with Gasteiger partial charge in [-0.1, -0.05) is 45.4 Å². The van der Waals surface area contributed by atoms with E-state index in [1.54, 1.807) is 0 Å². The number of rotatable bonds is 7. The molecule has 1 aromatic carbocycles. The Bertz CT molecular complexity index is 364. The lowest BCUT2D eigenvalue weighted by molar-refractivity contribution is 0.289. The zero-order valence-corrected chi connectivity index (χ0v) is 12.6. The Kier molecular flexibility index (Phi) is 6.51. The largest absolute Gasteiger partial charge is 0.492 e. The number of ether oxygens (including phenoxy) is 1. The van der Waals surface area contributed by atoms with Crippen molar-refractivity contribution in [2.75, 3.05) is 6.61 Å². The van der Waals surface area contributed by atoms with E-state index in [0.717, 1.165) is 25.3 Å². The zero-order chi connectivity index (χ0) is 13.5. The summed E-state index contributed by atoms with van der Waals surface area (Å²) in [6.07, 6.45) is 1.05. The third-order valence-corrected chi connectivity index (χ3v) is 2.96. The average molecular weight is 270 g/mol. The van der Waals surface area contributed by atoms with Gasteiger partial charge in [-0.05, 0) is 30.0 Å². The summed E-state index contributed by atoms with van der Waals surface area (Å²) in [5.41, 5.74) is 1.19. The minimum Gasteiger partial charge on any atom is -0.492 e. The monoisotopic (exact) mass is 269 g/mol. The molecule has 0 heterocycles. The van der Waals surface area contributed by atoms with Crippen LogP contribution in [-0.4, -0.2) is 12.6 Å². The number of halogens is 1. The van der Waals surface area contributed by atoms with Crippen molar-refractivity contribution in [3.63, 3.8) is 0 Å². The molecule has 0 bridgehead atoms. The standard InChI is InChI=1S/C15H24ClNO/c1-11(2)7-8-18-15-6-5-13(9-14(15)16)10-17-12(3)4/h5-6,9,11-12,17H,7-8,10H2,1-4H3. The van der Waals surface area contributed by atoms with Crippen molar-refractivity contribution in [3.05, 3.63) is 28.8 Å². The van der Waals surface area contributed by atoms with Gasteiger partial charge in [0, 0.05) is 12.6 Å². The molecule has 0 atom stereocenters. The van der Waals surface area contributed by atoms with Gasteiger partial charge in [0.25, 0.3) is 0 Å². The summed E-state index contributed by atoms with van der Waals surface area (Å²) in [5.74, 6) is 1.43. The van der Waals surface area contributed by atoms with Crippen molar-refractivity contribution >= 4 is 11.6 Å². The van der Waals surface area contributed by atoms with Crippen LogP contribution in [0.3, 0.4) is 0 Å². The highest BCUT2D eigenvalue weighted by Gasteiger charge is 2.04. The normalized spacial score (nSPS) is 11.3. The SMILES string of the molecule is CC(C)CCOc1ccc(CNC(C)C)cc1Cl. The lowest BCUT2D eigenvalue weighted by Crippen LogP contribution is -2.21. The summed E-state index contributed by atoms with van der Waals surface area (Å²) in [6, 6.07) is 6.47. The number of hydrogen-bond acceptors (Lipinski definition) is 2. The summed E-state index contributed by atoms with van der Waals surface area (Å²) in [6.45, 7) is 10.2. The molecule has 0 saturated carbocycles. The van der Waals surface area contributed by atoms with Crippen LogP contribution in [0.4, 0.5) is 0 Å². The molecule has 0 spiro atoms. The molecule has 3 heteroatoms. The van der Waals surface area contributed by atoms with Crippen LogP contribution in [-0.2, 0) is 6.54 Å². The van der Waals surface area contributed by atoms with Gasteiger partial charge in [-0.2, -0.15) is 0 Å². The molecule has 1 aromatic rings. The van der Waals surface area contributed by atoms with Crippen LogP contribution < -0.4 is 10.1 Å². The van der Waals surface area contributed by atoms with Gasteiger partial charge in [0.15, 0.2) is 0 Å². The van der Waals surface area contributed by atoms with E-state index in [9.17, 15) is 0 Å². The van der Waals surface area contributed by atoms with Crippen molar-refractivity contribution < 1.29 is 4.74 Å². The fourth-order valence-corrected chi connectivity index (χ4v) is 1.76. The Morgan fingerprint density at radius 1 is 1.22 bits per heavy atom. The smallest absolute Gasteiger partial charge is 0.137 e. The highest BCUT2D eigenvalue weighted by atomic mass is 35.5. The predicted molar refractivity (Wildman–Crippen MR) is 78.4 cm³/mol. The van der Waals surface area contributed by atoms with E-state index in [1.807, 2.05) is 12.1 Å². The summed E-state index contributed by atoms with van der Waals surface area (Å²) in [4.78, 5) is 0. The third-order valence-electron chi connectivity index (χ3n) is 2.66. The maximum absolute atomic E-state index is 6.21. The van der Waals surface area contributed by atoms with Crippen LogP contribution in [0.25, 0.3) is 0 Å². The van der Waals surface area contributed by atoms with Crippen molar-refractivity contribution in [1.29, 1.82) is 0 Å². The second-order valence-electron chi connectivity index (χ2n) is 5.33.